The van der Waals surface area contributed by atoms with Crippen LogP contribution < -0.4 is 10.6 Å². The van der Waals surface area contributed by atoms with E-state index in [0.29, 0.717) is 5.92 Å². The van der Waals surface area contributed by atoms with Crippen LogP contribution in [-0.2, 0) is 20.7 Å². The molecule has 1 heterocycles. The van der Waals surface area contributed by atoms with E-state index in [4.69, 9.17) is 5.11 Å². The fourth-order valence-electron chi connectivity index (χ4n) is 1.26. The summed E-state index contributed by atoms with van der Waals surface area (Å²) in [6.45, 7) is 2.95. The lowest BCUT2D eigenvalue weighted by molar-refractivity contribution is -0.143. The maximum atomic E-state index is 11.5. The fourth-order valence-corrected chi connectivity index (χ4v) is 2.20. The van der Waals surface area contributed by atoms with Crippen LogP contribution in [-0.4, -0.2) is 46.4 Å². The van der Waals surface area contributed by atoms with Gasteiger partial charge in [0.1, 0.15) is 18.2 Å². The average Bonchev–Trinajstić information content (AvgIpc) is 2.74. The Labute approximate surface area is 124 Å². The maximum absolute atomic E-state index is 11.5. The molecule has 3 amide bonds. The minimum Gasteiger partial charge on any atom is -0.480 e. The number of carboxylic acid groups (broad SMARTS) is 1. The molecule has 9 nitrogen and oxygen atoms in total. The maximum Gasteiger partial charge on any atom is 0.329 e. The van der Waals surface area contributed by atoms with Crippen LogP contribution in [0, 0.1) is 5.92 Å². The van der Waals surface area contributed by atoms with Crippen molar-refractivity contribution in [3.05, 3.63) is 5.01 Å². The molecule has 1 rings (SSSR count). The number of carboxylic acids is 1. The molecular formula is C11H16N4O5S. The Hall–Kier alpha value is -2.07. The van der Waals surface area contributed by atoms with Gasteiger partial charge in [-0.2, -0.15) is 0 Å². The summed E-state index contributed by atoms with van der Waals surface area (Å²) in [6, 6.07) is -0.772. The second-order valence-electron chi connectivity index (χ2n) is 4.49. The first-order chi connectivity index (χ1) is 9.86. The first-order valence-electron chi connectivity index (χ1n) is 6.09. The molecule has 0 aliphatic rings. The summed E-state index contributed by atoms with van der Waals surface area (Å²) in [5.74, 6) is -1.52. The van der Waals surface area contributed by atoms with Gasteiger partial charge in [0.25, 0.3) is 5.91 Å². The van der Waals surface area contributed by atoms with Crippen molar-refractivity contribution in [2.24, 2.45) is 5.92 Å². The Morgan fingerprint density at radius 3 is 2.62 bits per heavy atom. The minimum atomic E-state index is -1.20. The highest BCUT2D eigenvalue weighted by Crippen LogP contribution is 2.17. The van der Waals surface area contributed by atoms with Gasteiger partial charge in [-0.05, 0) is 5.92 Å². The molecule has 116 valence electrons. The summed E-state index contributed by atoms with van der Waals surface area (Å²) in [4.78, 5) is 32.9. The predicted molar refractivity (Wildman–Crippen MR) is 74.1 cm³/mol. The smallest absolute Gasteiger partial charge is 0.329 e. The highest BCUT2D eigenvalue weighted by Gasteiger charge is 2.12. The van der Waals surface area contributed by atoms with Gasteiger partial charge in [0.05, 0.1) is 0 Å². The summed E-state index contributed by atoms with van der Waals surface area (Å²) in [7, 11) is 0. The number of ether oxygens (including phenoxy) is 1. The molecule has 0 saturated heterocycles. The molecule has 0 aliphatic carbocycles. The largest absolute Gasteiger partial charge is 0.480 e. The van der Waals surface area contributed by atoms with Crippen LogP contribution in [0.2, 0.25) is 0 Å². The molecule has 0 bridgehead atoms. The van der Waals surface area contributed by atoms with Crippen LogP contribution in [0.25, 0.3) is 0 Å². The topological polar surface area (TPSA) is 131 Å². The number of nitrogens with one attached hydrogen (secondary N) is 2. The van der Waals surface area contributed by atoms with E-state index in [-0.39, 0.29) is 5.13 Å². The first kappa shape index (κ1) is 17.0. The monoisotopic (exact) mass is 316 g/mol. The lowest BCUT2D eigenvalue weighted by Crippen LogP contribution is -2.37. The van der Waals surface area contributed by atoms with E-state index in [0.717, 1.165) is 11.4 Å². The minimum absolute atomic E-state index is 0.280. The molecular weight excluding hydrogens is 300 g/mol. The summed E-state index contributed by atoms with van der Waals surface area (Å²) in [6.07, 6.45) is 0.753. The van der Waals surface area contributed by atoms with E-state index >= 15 is 0 Å². The van der Waals surface area contributed by atoms with E-state index in [9.17, 15) is 14.4 Å². The van der Waals surface area contributed by atoms with E-state index in [1.54, 1.807) is 0 Å². The van der Waals surface area contributed by atoms with Crippen LogP contribution in [0.4, 0.5) is 9.93 Å². The first-order valence-corrected chi connectivity index (χ1v) is 6.91. The number of aliphatic carboxylic acids is 1. The van der Waals surface area contributed by atoms with Crippen molar-refractivity contribution in [2.75, 3.05) is 18.5 Å². The molecule has 21 heavy (non-hydrogen) atoms. The molecule has 0 spiro atoms. The average molecular weight is 316 g/mol. The molecule has 1 aromatic heterocycles. The van der Waals surface area contributed by atoms with Crippen molar-refractivity contribution in [2.45, 2.75) is 20.3 Å². The molecule has 1 aromatic rings. The van der Waals surface area contributed by atoms with Crippen molar-refractivity contribution in [1.82, 2.24) is 15.5 Å². The number of anilines is 1. The molecule has 0 aromatic carbocycles. The van der Waals surface area contributed by atoms with Gasteiger partial charge in [0.15, 0.2) is 0 Å². The second kappa shape index (κ2) is 8.27. The molecule has 0 aliphatic heterocycles. The molecule has 3 N–H and O–H groups in total. The van der Waals surface area contributed by atoms with Gasteiger partial charge in [-0.25, -0.2) is 9.59 Å². The lowest BCUT2D eigenvalue weighted by Gasteiger charge is -2.03. The third kappa shape index (κ3) is 7.32. The number of carbonyl (C=O) groups excluding carboxylic acids is 2. The van der Waals surface area contributed by atoms with Gasteiger partial charge in [-0.3, -0.25) is 15.4 Å². The van der Waals surface area contributed by atoms with E-state index < -0.39 is 31.1 Å². The van der Waals surface area contributed by atoms with Crippen molar-refractivity contribution in [3.63, 3.8) is 0 Å². The van der Waals surface area contributed by atoms with Crippen LogP contribution in [0.5, 0.6) is 0 Å². The number of hydrogen-bond donors (Lipinski definition) is 3. The predicted octanol–water partition coefficient (Wildman–Crippen LogP) is 0.486. The van der Waals surface area contributed by atoms with Gasteiger partial charge >= 0.3 is 12.0 Å². The number of aromatic nitrogens is 2. The van der Waals surface area contributed by atoms with Crippen molar-refractivity contribution in [3.8, 4) is 0 Å². The fraction of sp³-hybridized carbons (Fsp3) is 0.545. The number of amides is 3. The second-order valence-corrected chi connectivity index (χ2v) is 5.55. The number of urea groups is 1. The van der Waals surface area contributed by atoms with Crippen LogP contribution in [0.15, 0.2) is 0 Å². The molecule has 0 unspecified atom stereocenters. The van der Waals surface area contributed by atoms with Crippen LogP contribution >= 0.6 is 11.3 Å². The van der Waals surface area contributed by atoms with Gasteiger partial charge in [-0.1, -0.05) is 25.2 Å². The lowest BCUT2D eigenvalue weighted by atomic mass is 10.1. The number of imide groups is 1. The van der Waals surface area contributed by atoms with E-state index in [1.165, 1.54) is 11.3 Å². The number of rotatable bonds is 7. The van der Waals surface area contributed by atoms with Gasteiger partial charge in [0.2, 0.25) is 5.13 Å². The standard InChI is InChI=1S/C11H16N4O5S/c1-6(2)3-8-14-15-11(21-8)13-10(19)12-7(16)4-20-5-9(17)18/h6H,3-5H2,1-2H3,(H,17,18)(H2,12,13,15,16,19). The number of nitrogens with zero attached hydrogens (tertiary/aromatic N) is 2. The molecule has 0 radical (unpaired) electrons. The van der Waals surface area contributed by atoms with Gasteiger partial charge in [-0.15, -0.1) is 10.2 Å². The highest BCUT2D eigenvalue weighted by atomic mass is 32.1. The Morgan fingerprint density at radius 2 is 2.00 bits per heavy atom. The molecule has 0 fully saturated rings. The molecule has 0 atom stereocenters. The zero-order valence-corrected chi connectivity index (χ0v) is 12.4. The summed E-state index contributed by atoms with van der Waals surface area (Å²) in [5, 5.41) is 21.4. The van der Waals surface area contributed by atoms with Crippen molar-refractivity contribution in [1.29, 1.82) is 0 Å². The summed E-state index contributed by atoms with van der Waals surface area (Å²) >= 11 is 1.22. The zero-order chi connectivity index (χ0) is 15.8. The third-order valence-corrected chi connectivity index (χ3v) is 2.84. The third-order valence-electron chi connectivity index (χ3n) is 1.98. The molecule has 10 heteroatoms. The SMILES string of the molecule is CC(C)Cc1nnc(NC(=O)NC(=O)COCC(=O)O)s1. The molecule has 0 saturated carbocycles. The Bertz CT molecular complexity index is 516. The van der Waals surface area contributed by atoms with E-state index in [1.807, 2.05) is 19.2 Å². The number of carbonyl (C=O) groups is 3. The van der Waals surface area contributed by atoms with Crippen LogP contribution in [0.3, 0.4) is 0 Å². The Morgan fingerprint density at radius 1 is 1.29 bits per heavy atom. The normalized spacial score (nSPS) is 10.4. The van der Waals surface area contributed by atoms with Crippen molar-refractivity contribution >= 4 is 34.4 Å². The Balaban J connectivity index is 2.34. The van der Waals surface area contributed by atoms with Gasteiger partial charge < -0.3 is 9.84 Å². The van der Waals surface area contributed by atoms with Gasteiger partial charge in [0, 0.05) is 6.42 Å². The van der Waals surface area contributed by atoms with Crippen LogP contribution in [0.1, 0.15) is 18.9 Å². The summed E-state index contributed by atoms with van der Waals surface area (Å²) in [5.41, 5.74) is 0. The highest BCUT2D eigenvalue weighted by molar-refractivity contribution is 7.15. The van der Waals surface area contributed by atoms with Crippen molar-refractivity contribution < 1.29 is 24.2 Å². The number of hydrogen-bond acceptors (Lipinski definition) is 7. The zero-order valence-electron chi connectivity index (χ0n) is 11.6. The quantitative estimate of drug-likeness (QED) is 0.667. The Kier molecular flexibility index (Phi) is 6.69. The van der Waals surface area contributed by atoms with E-state index in [2.05, 4.69) is 20.3 Å². The summed E-state index contributed by atoms with van der Waals surface area (Å²) < 4.78 is 4.54.